The first-order valence-corrected chi connectivity index (χ1v) is 7.47. The van der Waals surface area contributed by atoms with Gasteiger partial charge >= 0.3 is 5.97 Å². The number of rotatable bonds is 6. The van der Waals surface area contributed by atoms with Gasteiger partial charge in [0.2, 0.25) is 5.91 Å². The molecule has 0 bridgehead atoms. The van der Waals surface area contributed by atoms with Crippen molar-refractivity contribution in [1.29, 1.82) is 0 Å². The van der Waals surface area contributed by atoms with Crippen molar-refractivity contribution in [3.05, 3.63) is 0 Å². The summed E-state index contributed by atoms with van der Waals surface area (Å²) in [5, 5.41) is 2.83. The molecule has 1 amide bonds. The van der Waals surface area contributed by atoms with Crippen molar-refractivity contribution in [2.24, 2.45) is 0 Å². The van der Waals surface area contributed by atoms with E-state index in [1.807, 2.05) is 0 Å². The highest BCUT2D eigenvalue weighted by molar-refractivity contribution is 5.81. The van der Waals surface area contributed by atoms with E-state index >= 15 is 0 Å². The number of fused-ring (bicyclic) bond motifs is 1. The van der Waals surface area contributed by atoms with Crippen LogP contribution in [0.15, 0.2) is 0 Å². The fourth-order valence-electron chi connectivity index (χ4n) is 2.77. The molecule has 0 aromatic heterocycles. The lowest BCUT2D eigenvalue weighted by atomic mass is 10.2. The molecule has 2 aliphatic heterocycles. The molecule has 0 aliphatic carbocycles. The van der Waals surface area contributed by atoms with E-state index in [4.69, 9.17) is 9.47 Å². The number of hydrogen-bond acceptors (Lipinski definition) is 5. The van der Waals surface area contributed by atoms with Gasteiger partial charge in [0.15, 0.2) is 0 Å². The molecule has 2 aliphatic rings. The Labute approximate surface area is 119 Å². The van der Waals surface area contributed by atoms with Crippen molar-refractivity contribution in [3.63, 3.8) is 0 Å². The molecule has 2 saturated heterocycles. The number of amides is 1. The summed E-state index contributed by atoms with van der Waals surface area (Å²) >= 11 is 0. The van der Waals surface area contributed by atoms with Gasteiger partial charge in [-0.15, -0.1) is 0 Å². The molecule has 2 fully saturated rings. The molecule has 20 heavy (non-hydrogen) atoms. The molecule has 6 heteroatoms. The summed E-state index contributed by atoms with van der Waals surface area (Å²) in [6, 6.07) is 0.575. The number of ether oxygens (including phenoxy) is 2. The van der Waals surface area contributed by atoms with Crippen LogP contribution in [0.4, 0.5) is 0 Å². The third-order valence-electron chi connectivity index (χ3n) is 3.85. The van der Waals surface area contributed by atoms with Crippen LogP contribution in [0, 0.1) is 0 Å². The lowest BCUT2D eigenvalue weighted by Gasteiger charge is -2.35. The maximum absolute atomic E-state index is 11.6. The summed E-state index contributed by atoms with van der Waals surface area (Å²) in [5.41, 5.74) is 0. The Morgan fingerprint density at radius 2 is 2.25 bits per heavy atom. The van der Waals surface area contributed by atoms with Crippen molar-refractivity contribution in [3.8, 4) is 0 Å². The van der Waals surface area contributed by atoms with E-state index in [0.29, 0.717) is 19.2 Å². The molecule has 114 valence electrons. The average molecular weight is 284 g/mol. The number of nitrogens with one attached hydrogen (secondary N) is 1. The second-order valence-corrected chi connectivity index (χ2v) is 5.36. The molecule has 0 spiro atoms. The van der Waals surface area contributed by atoms with Crippen molar-refractivity contribution >= 4 is 11.9 Å². The lowest BCUT2D eigenvalue weighted by molar-refractivity contribution is -0.144. The van der Waals surface area contributed by atoms with E-state index < -0.39 is 0 Å². The van der Waals surface area contributed by atoms with E-state index in [0.717, 1.165) is 19.7 Å². The highest BCUT2D eigenvalue weighted by Crippen LogP contribution is 2.22. The Morgan fingerprint density at radius 1 is 1.40 bits per heavy atom. The van der Waals surface area contributed by atoms with Gasteiger partial charge in [-0.2, -0.15) is 0 Å². The number of nitrogens with zero attached hydrogens (tertiary/aromatic N) is 1. The van der Waals surface area contributed by atoms with E-state index in [1.54, 1.807) is 6.92 Å². The lowest BCUT2D eigenvalue weighted by Crippen LogP contribution is -2.50. The zero-order valence-electron chi connectivity index (χ0n) is 12.1. The number of esters is 1. The first kappa shape index (κ1) is 15.3. The zero-order chi connectivity index (χ0) is 14.4. The molecule has 2 atom stereocenters. The van der Waals surface area contributed by atoms with Gasteiger partial charge in [0, 0.05) is 25.6 Å². The van der Waals surface area contributed by atoms with Crippen LogP contribution in [0.1, 0.15) is 32.6 Å². The molecular formula is C14H24N2O4. The molecule has 1 N–H and O–H groups in total. The molecule has 0 saturated carbocycles. The van der Waals surface area contributed by atoms with E-state index in [2.05, 4.69) is 10.2 Å². The maximum atomic E-state index is 11.6. The van der Waals surface area contributed by atoms with Crippen LogP contribution in [0.2, 0.25) is 0 Å². The summed E-state index contributed by atoms with van der Waals surface area (Å²) in [6.45, 7) is 5.43. The number of carbonyl (C=O) groups excluding carboxylic acids is 2. The van der Waals surface area contributed by atoms with Crippen LogP contribution in [0.25, 0.3) is 0 Å². The molecule has 0 aromatic rings. The molecular weight excluding hydrogens is 260 g/mol. The van der Waals surface area contributed by atoms with Gasteiger partial charge in [-0.05, 0) is 26.3 Å². The van der Waals surface area contributed by atoms with Crippen molar-refractivity contribution < 1.29 is 19.1 Å². The van der Waals surface area contributed by atoms with Crippen molar-refractivity contribution in [2.45, 2.75) is 44.8 Å². The van der Waals surface area contributed by atoms with Crippen LogP contribution < -0.4 is 5.32 Å². The number of hydrogen-bond donors (Lipinski definition) is 1. The zero-order valence-corrected chi connectivity index (χ0v) is 12.1. The predicted molar refractivity (Wildman–Crippen MR) is 73.2 cm³/mol. The van der Waals surface area contributed by atoms with Crippen LogP contribution in [0.3, 0.4) is 0 Å². The van der Waals surface area contributed by atoms with Gasteiger partial charge < -0.3 is 14.8 Å². The Morgan fingerprint density at radius 3 is 3.05 bits per heavy atom. The summed E-state index contributed by atoms with van der Waals surface area (Å²) in [5.74, 6) is -0.443. The SMILES string of the molecule is CCOC(=O)CCC(=O)NCC1CN2CCCC2CO1. The largest absolute Gasteiger partial charge is 0.466 e. The second-order valence-electron chi connectivity index (χ2n) is 5.36. The molecule has 2 unspecified atom stereocenters. The van der Waals surface area contributed by atoms with Crippen LogP contribution in [0.5, 0.6) is 0 Å². The molecule has 0 aromatic carbocycles. The average Bonchev–Trinajstić information content (AvgIpc) is 2.90. The fraction of sp³-hybridized carbons (Fsp3) is 0.857. The Kier molecular flexibility index (Phi) is 5.79. The first-order chi connectivity index (χ1) is 9.69. The first-order valence-electron chi connectivity index (χ1n) is 7.47. The second kappa shape index (κ2) is 7.59. The number of morpholine rings is 1. The maximum Gasteiger partial charge on any atom is 0.306 e. The minimum Gasteiger partial charge on any atom is -0.466 e. The van der Waals surface area contributed by atoms with Gasteiger partial charge in [-0.25, -0.2) is 0 Å². The smallest absolute Gasteiger partial charge is 0.306 e. The highest BCUT2D eigenvalue weighted by atomic mass is 16.5. The fourth-order valence-corrected chi connectivity index (χ4v) is 2.77. The number of carbonyl (C=O) groups is 2. The third-order valence-corrected chi connectivity index (χ3v) is 3.85. The predicted octanol–water partition coefficient (Wildman–Crippen LogP) is 0.309. The van der Waals surface area contributed by atoms with Crippen LogP contribution in [-0.4, -0.2) is 61.8 Å². The van der Waals surface area contributed by atoms with E-state index in [9.17, 15) is 9.59 Å². The van der Waals surface area contributed by atoms with Gasteiger partial charge in [-0.3, -0.25) is 14.5 Å². The molecule has 2 heterocycles. The minimum atomic E-state index is -0.323. The van der Waals surface area contributed by atoms with Crippen LogP contribution >= 0.6 is 0 Å². The Bertz CT molecular complexity index is 348. The van der Waals surface area contributed by atoms with Gasteiger partial charge in [0.1, 0.15) is 0 Å². The molecule has 0 radical (unpaired) electrons. The van der Waals surface area contributed by atoms with Gasteiger partial charge in [-0.1, -0.05) is 0 Å². The normalized spacial score (nSPS) is 26.1. The summed E-state index contributed by atoms with van der Waals surface area (Å²) < 4.78 is 10.5. The van der Waals surface area contributed by atoms with E-state index in [1.165, 1.54) is 12.8 Å². The summed E-state index contributed by atoms with van der Waals surface area (Å²) in [7, 11) is 0. The minimum absolute atomic E-state index is 0.0656. The summed E-state index contributed by atoms with van der Waals surface area (Å²) in [4.78, 5) is 25.2. The van der Waals surface area contributed by atoms with Gasteiger partial charge in [0.25, 0.3) is 0 Å². The van der Waals surface area contributed by atoms with Crippen molar-refractivity contribution in [1.82, 2.24) is 10.2 Å². The Hall–Kier alpha value is -1.14. The Balaban J connectivity index is 1.60. The third kappa shape index (κ3) is 4.45. The van der Waals surface area contributed by atoms with Crippen LogP contribution in [-0.2, 0) is 19.1 Å². The van der Waals surface area contributed by atoms with Gasteiger partial charge in [0.05, 0.1) is 25.7 Å². The van der Waals surface area contributed by atoms with E-state index in [-0.39, 0.29) is 30.8 Å². The standard InChI is InChI=1S/C14H24N2O4/c1-2-19-14(18)6-5-13(17)15-8-12-9-16-7-3-4-11(16)10-20-12/h11-12H,2-10H2,1H3,(H,15,17). The van der Waals surface area contributed by atoms with Crippen molar-refractivity contribution in [2.75, 3.05) is 32.8 Å². The topological polar surface area (TPSA) is 67.9 Å². The quantitative estimate of drug-likeness (QED) is 0.711. The monoisotopic (exact) mass is 284 g/mol. The molecule has 6 nitrogen and oxygen atoms in total. The molecule has 2 rings (SSSR count). The highest BCUT2D eigenvalue weighted by Gasteiger charge is 2.32. The summed E-state index contributed by atoms with van der Waals surface area (Å²) in [6.07, 6.45) is 2.85.